The van der Waals surface area contributed by atoms with E-state index >= 15 is 0 Å². The van der Waals surface area contributed by atoms with Crippen LogP contribution >= 0.6 is 11.6 Å². The molecule has 2 rings (SSSR count). The standard InChI is InChI=1S/C16H17ClN2O6S/c1-23-11-5-7-14(25-3)15(9-11)26(21,22)19-18-16(20)12-8-10(17)4-6-13(12)24-2/h4-9,19H,1-3H3,(H,18,20). The van der Waals surface area contributed by atoms with Gasteiger partial charge in [0.15, 0.2) is 0 Å². The number of carbonyl (C=O) groups is 1. The van der Waals surface area contributed by atoms with Gasteiger partial charge in [-0.3, -0.25) is 10.2 Å². The molecule has 0 aromatic heterocycles. The third kappa shape index (κ3) is 4.37. The van der Waals surface area contributed by atoms with Crippen LogP contribution in [0.5, 0.6) is 17.2 Å². The molecular weight excluding hydrogens is 384 g/mol. The molecule has 2 aromatic carbocycles. The first-order valence-electron chi connectivity index (χ1n) is 7.20. The van der Waals surface area contributed by atoms with Crippen molar-refractivity contribution in [3.8, 4) is 17.2 Å². The van der Waals surface area contributed by atoms with Crippen molar-refractivity contribution < 1.29 is 27.4 Å². The molecule has 0 aliphatic rings. The van der Waals surface area contributed by atoms with Crippen LogP contribution in [0, 0.1) is 0 Å². The van der Waals surface area contributed by atoms with Crippen LogP contribution in [0.1, 0.15) is 10.4 Å². The van der Waals surface area contributed by atoms with E-state index in [1.807, 2.05) is 4.83 Å². The van der Waals surface area contributed by atoms with Crippen LogP contribution in [0.15, 0.2) is 41.3 Å². The van der Waals surface area contributed by atoms with Crippen LogP contribution in [0.3, 0.4) is 0 Å². The van der Waals surface area contributed by atoms with Gasteiger partial charge in [-0.1, -0.05) is 11.6 Å². The van der Waals surface area contributed by atoms with E-state index in [-0.39, 0.29) is 22.0 Å². The molecule has 2 N–H and O–H groups in total. The molecule has 0 bridgehead atoms. The minimum atomic E-state index is -4.13. The molecule has 1 amide bonds. The van der Waals surface area contributed by atoms with E-state index < -0.39 is 15.9 Å². The molecule has 0 aliphatic heterocycles. The second-order valence-corrected chi connectivity index (χ2v) is 7.01. The molecule has 0 radical (unpaired) electrons. The van der Waals surface area contributed by atoms with Crippen LogP contribution in [-0.4, -0.2) is 35.7 Å². The van der Waals surface area contributed by atoms with Gasteiger partial charge in [-0.2, -0.15) is 0 Å². The van der Waals surface area contributed by atoms with Crippen LogP contribution in [0.4, 0.5) is 0 Å². The number of ether oxygens (including phenoxy) is 3. The maximum atomic E-state index is 12.5. The van der Waals surface area contributed by atoms with E-state index in [1.165, 1.54) is 45.6 Å². The zero-order valence-electron chi connectivity index (χ0n) is 14.2. The van der Waals surface area contributed by atoms with Gasteiger partial charge in [0.1, 0.15) is 22.1 Å². The quantitative estimate of drug-likeness (QED) is 0.689. The molecule has 2 aromatic rings. The minimum Gasteiger partial charge on any atom is -0.497 e. The topological polar surface area (TPSA) is 103 Å². The number of hydrogen-bond acceptors (Lipinski definition) is 6. The Morgan fingerprint density at radius 3 is 2.23 bits per heavy atom. The molecule has 8 nitrogen and oxygen atoms in total. The zero-order valence-corrected chi connectivity index (χ0v) is 15.8. The number of benzene rings is 2. The van der Waals surface area contributed by atoms with Crippen LogP contribution < -0.4 is 24.5 Å². The van der Waals surface area contributed by atoms with Gasteiger partial charge in [0.05, 0.1) is 26.9 Å². The molecule has 0 fully saturated rings. The Morgan fingerprint density at radius 2 is 1.62 bits per heavy atom. The van der Waals surface area contributed by atoms with Gasteiger partial charge in [0.2, 0.25) is 0 Å². The molecule has 0 spiro atoms. The summed E-state index contributed by atoms with van der Waals surface area (Å²) < 4.78 is 40.2. The molecule has 0 saturated carbocycles. The number of hydrazine groups is 1. The first-order chi connectivity index (χ1) is 12.3. The Labute approximate surface area is 156 Å². The lowest BCUT2D eigenvalue weighted by molar-refractivity contribution is 0.0942. The van der Waals surface area contributed by atoms with Crippen molar-refractivity contribution >= 4 is 27.5 Å². The molecule has 0 unspecified atom stereocenters. The number of nitrogens with one attached hydrogen (secondary N) is 2. The fourth-order valence-electron chi connectivity index (χ4n) is 2.09. The van der Waals surface area contributed by atoms with Gasteiger partial charge >= 0.3 is 0 Å². The predicted octanol–water partition coefficient (Wildman–Crippen LogP) is 1.99. The minimum absolute atomic E-state index is 0.0697. The molecule has 0 aliphatic carbocycles. The number of carbonyl (C=O) groups excluding carboxylic acids is 1. The lowest BCUT2D eigenvalue weighted by Gasteiger charge is -2.13. The number of amides is 1. The molecule has 10 heteroatoms. The first-order valence-corrected chi connectivity index (χ1v) is 9.06. The van der Waals surface area contributed by atoms with Crippen molar-refractivity contribution in [1.82, 2.24) is 10.3 Å². The average molecular weight is 401 g/mol. The van der Waals surface area contributed by atoms with Crippen molar-refractivity contribution in [1.29, 1.82) is 0 Å². The lowest BCUT2D eigenvalue weighted by atomic mass is 10.2. The summed E-state index contributed by atoms with van der Waals surface area (Å²) >= 11 is 5.87. The van der Waals surface area contributed by atoms with Crippen molar-refractivity contribution in [3.05, 3.63) is 47.0 Å². The molecule has 26 heavy (non-hydrogen) atoms. The van der Waals surface area contributed by atoms with Gasteiger partial charge in [0.25, 0.3) is 15.9 Å². The summed E-state index contributed by atoms with van der Waals surface area (Å²) in [6.45, 7) is 0. The Morgan fingerprint density at radius 1 is 0.962 bits per heavy atom. The maximum absolute atomic E-state index is 12.5. The number of sulfonamides is 1. The van der Waals surface area contributed by atoms with Gasteiger partial charge in [-0.25, -0.2) is 8.42 Å². The number of methoxy groups -OCH3 is 3. The average Bonchev–Trinajstić information content (AvgIpc) is 2.65. The SMILES string of the molecule is COc1ccc(OC)c(S(=O)(=O)NNC(=O)c2cc(Cl)ccc2OC)c1. The number of halogens is 1. The lowest BCUT2D eigenvalue weighted by Crippen LogP contribution is -2.41. The predicted molar refractivity (Wildman–Crippen MR) is 95.3 cm³/mol. The van der Waals surface area contributed by atoms with Crippen LogP contribution in [0.25, 0.3) is 0 Å². The summed E-state index contributed by atoms with van der Waals surface area (Å²) in [6, 6.07) is 8.66. The summed E-state index contributed by atoms with van der Waals surface area (Å²) in [7, 11) is -0.0176. The molecule has 0 saturated heterocycles. The van der Waals surface area contributed by atoms with Crippen molar-refractivity contribution in [3.63, 3.8) is 0 Å². The largest absolute Gasteiger partial charge is 0.497 e. The second-order valence-electron chi connectivity index (χ2n) is 4.92. The Hall–Kier alpha value is -2.49. The van der Waals surface area contributed by atoms with E-state index in [1.54, 1.807) is 12.1 Å². The summed E-state index contributed by atoms with van der Waals surface area (Å²) in [5.41, 5.74) is 2.19. The van der Waals surface area contributed by atoms with Gasteiger partial charge in [-0.15, -0.1) is 4.83 Å². The van der Waals surface area contributed by atoms with Crippen LogP contribution in [0.2, 0.25) is 5.02 Å². The first kappa shape index (κ1) is 19.8. The van der Waals surface area contributed by atoms with E-state index in [9.17, 15) is 13.2 Å². The second kappa shape index (κ2) is 8.26. The van der Waals surface area contributed by atoms with E-state index in [0.29, 0.717) is 10.8 Å². The molecule has 0 atom stereocenters. The third-order valence-electron chi connectivity index (χ3n) is 3.37. The summed E-state index contributed by atoms with van der Waals surface area (Å²) in [5, 5.41) is 0.299. The van der Waals surface area contributed by atoms with E-state index in [0.717, 1.165) is 0 Å². The number of rotatable bonds is 7. The summed E-state index contributed by atoms with van der Waals surface area (Å²) in [5.74, 6) is -0.0956. The third-order valence-corrected chi connectivity index (χ3v) is 4.87. The van der Waals surface area contributed by atoms with Gasteiger partial charge in [0, 0.05) is 11.1 Å². The smallest absolute Gasteiger partial charge is 0.270 e. The fourth-order valence-corrected chi connectivity index (χ4v) is 3.28. The van der Waals surface area contributed by atoms with Gasteiger partial charge in [-0.05, 0) is 30.3 Å². The van der Waals surface area contributed by atoms with Crippen LogP contribution in [-0.2, 0) is 10.0 Å². The number of hydrogen-bond donors (Lipinski definition) is 2. The van der Waals surface area contributed by atoms with Crippen molar-refractivity contribution in [2.24, 2.45) is 0 Å². The molecule has 0 heterocycles. The van der Waals surface area contributed by atoms with Crippen molar-refractivity contribution in [2.75, 3.05) is 21.3 Å². The highest BCUT2D eigenvalue weighted by molar-refractivity contribution is 7.89. The Balaban J connectivity index is 2.26. The molecule has 140 valence electrons. The van der Waals surface area contributed by atoms with E-state index in [4.69, 9.17) is 25.8 Å². The maximum Gasteiger partial charge on any atom is 0.270 e. The Bertz CT molecular complexity index is 917. The summed E-state index contributed by atoms with van der Waals surface area (Å²) in [4.78, 5) is 14.1. The normalized spacial score (nSPS) is 10.9. The zero-order chi connectivity index (χ0) is 19.3. The highest BCUT2D eigenvalue weighted by Crippen LogP contribution is 2.28. The fraction of sp³-hybridized carbons (Fsp3) is 0.188. The van der Waals surface area contributed by atoms with E-state index in [2.05, 4.69) is 5.43 Å². The summed E-state index contributed by atoms with van der Waals surface area (Å²) in [6.07, 6.45) is 0. The van der Waals surface area contributed by atoms with Crippen molar-refractivity contribution in [2.45, 2.75) is 4.90 Å². The molecular formula is C16H17ClN2O6S. The highest BCUT2D eigenvalue weighted by Gasteiger charge is 2.22. The van der Waals surface area contributed by atoms with Gasteiger partial charge < -0.3 is 14.2 Å². The highest BCUT2D eigenvalue weighted by atomic mass is 35.5. The Kier molecular flexibility index (Phi) is 6.30. The monoisotopic (exact) mass is 400 g/mol.